The molecule has 5 aliphatic rings. The first-order valence-corrected chi connectivity index (χ1v) is 15.3. The molecule has 0 spiro atoms. The van der Waals surface area contributed by atoms with Gasteiger partial charge in [-0.2, -0.15) is 0 Å². The Kier molecular flexibility index (Phi) is 6.38. The van der Waals surface area contributed by atoms with Crippen LogP contribution in [0.1, 0.15) is 119 Å². The summed E-state index contributed by atoms with van der Waals surface area (Å²) in [7, 11) is 0. The van der Waals surface area contributed by atoms with Crippen molar-refractivity contribution in [2.75, 3.05) is 6.61 Å². The minimum absolute atomic E-state index is 0.00661. The second kappa shape index (κ2) is 8.59. The highest BCUT2D eigenvalue weighted by molar-refractivity contribution is 5.78. The zero-order valence-electron chi connectivity index (χ0n) is 24.4. The second-order valence-corrected chi connectivity index (χ2v) is 15.4. The predicted molar refractivity (Wildman–Crippen MR) is 146 cm³/mol. The van der Waals surface area contributed by atoms with E-state index in [0.29, 0.717) is 41.6 Å². The van der Waals surface area contributed by atoms with Crippen LogP contribution in [0.2, 0.25) is 0 Å². The van der Waals surface area contributed by atoms with Gasteiger partial charge in [-0.05, 0) is 129 Å². The first kappa shape index (κ1) is 26.8. The Bertz CT molecular complexity index is 907. The first-order chi connectivity index (χ1) is 16.8. The molecular formula is C33H54O3. The van der Waals surface area contributed by atoms with E-state index in [-0.39, 0.29) is 33.7 Å². The fourth-order valence-electron chi connectivity index (χ4n) is 11.8. The molecule has 10 atom stereocenters. The lowest BCUT2D eigenvalue weighted by Crippen LogP contribution is -2.67. The molecule has 5 rings (SSSR count). The van der Waals surface area contributed by atoms with Crippen LogP contribution >= 0.6 is 0 Å². The van der Waals surface area contributed by atoms with E-state index < -0.39 is 0 Å². The topological polar surface area (TPSA) is 46.5 Å². The fraction of sp³-hybridized carbons (Fsp3) is 0.909. The van der Waals surface area contributed by atoms with Crippen molar-refractivity contribution in [2.45, 2.75) is 125 Å². The van der Waals surface area contributed by atoms with Gasteiger partial charge >= 0.3 is 5.97 Å². The van der Waals surface area contributed by atoms with Crippen molar-refractivity contribution in [2.24, 2.45) is 56.7 Å². The number of carbonyl (C=O) groups is 1. The van der Waals surface area contributed by atoms with Gasteiger partial charge in [0.25, 0.3) is 0 Å². The molecule has 5 saturated carbocycles. The Morgan fingerprint density at radius 3 is 2.28 bits per heavy atom. The van der Waals surface area contributed by atoms with E-state index >= 15 is 0 Å². The summed E-state index contributed by atoms with van der Waals surface area (Å²) in [5, 5.41) is 11.0. The number of esters is 1. The molecule has 204 valence electrons. The monoisotopic (exact) mass is 498 g/mol. The van der Waals surface area contributed by atoms with Crippen LogP contribution in [0.25, 0.3) is 0 Å². The summed E-state index contributed by atoms with van der Waals surface area (Å²) in [6, 6.07) is 0. The van der Waals surface area contributed by atoms with Crippen LogP contribution in [0.5, 0.6) is 0 Å². The normalized spacial score (nSPS) is 51.3. The minimum Gasteiger partial charge on any atom is -0.465 e. The third-order valence-electron chi connectivity index (χ3n) is 13.9. The smallest absolute Gasteiger partial charge is 0.312 e. The van der Waals surface area contributed by atoms with Crippen molar-refractivity contribution in [3.8, 4) is 0 Å². The van der Waals surface area contributed by atoms with Crippen molar-refractivity contribution in [3.05, 3.63) is 12.2 Å². The van der Waals surface area contributed by atoms with Crippen molar-refractivity contribution < 1.29 is 14.6 Å². The number of hydrogen-bond acceptors (Lipinski definition) is 3. The van der Waals surface area contributed by atoms with E-state index in [1.807, 2.05) is 0 Å². The Morgan fingerprint density at radius 2 is 1.61 bits per heavy atom. The van der Waals surface area contributed by atoms with Gasteiger partial charge in [-0.1, -0.05) is 53.7 Å². The van der Waals surface area contributed by atoms with Gasteiger partial charge in [-0.3, -0.25) is 4.79 Å². The number of carbonyl (C=O) groups excluding carboxylic acids is 1. The standard InChI is InChI=1S/C33H54O3/c1-9-20-36-28(35)33-17-12-22(21(2)3)27(33)23-10-11-25-30(6)15-14-26(34)29(4,5)24(30)13-16-32(25,8)31(23,7)18-19-33/h22-27,34H,2,9-20H2,1,3-8H3/t22-,23+,24-,25+,26-,27+,30-,31+,32+,33-/m0/s1. The molecule has 1 N–H and O–H groups in total. The summed E-state index contributed by atoms with van der Waals surface area (Å²) in [5.74, 6) is 2.78. The van der Waals surface area contributed by atoms with E-state index in [0.717, 1.165) is 44.9 Å². The molecule has 36 heavy (non-hydrogen) atoms. The number of hydrogen-bond donors (Lipinski definition) is 1. The molecule has 0 radical (unpaired) electrons. The minimum atomic E-state index is -0.301. The van der Waals surface area contributed by atoms with Gasteiger partial charge in [0.05, 0.1) is 18.1 Å². The molecule has 0 unspecified atom stereocenters. The number of ether oxygens (including phenoxy) is 1. The lowest BCUT2D eigenvalue weighted by molar-refractivity contribution is -0.248. The Balaban J connectivity index is 1.54. The first-order valence-electron chi connectivity index (χ1n) is 15.3. The number of allylic oxidation sites excluding steroid dienone is 1. The van der Waals surface area contributed by atoms with Gasteiger partial charge in [-0.15, -0.1) is 0 Å². The van der Waals surface area contributed by atoms with Gasteiger partial charge in [-0.25, -0.2) is 0 Å². The van der Waals surface area contributed by atoms with Gasteiger partial charge in [0, 0.05) is 0 Å². The van der Waals surface area contributed by atoms with E-state index in [9.17, 15) is 9.90 Å². The molecule has 0 saturated heterocycles. The number of fused-ring (bicyclic) bond motifs is 7. The molecule has 3 nitrogen and oxygen atoms in total. The Hall–Kier alpha value is -0.830. The van der Waals surface area contributed by atoms with Crippen LogP contribution in [0.15, 0.2) is 12.2 Å². The summed E-state index contributed by atoms with van der Waals surface area (Å²) in [6.45, 7) is 21.9. The Morgan fingerprint density at radius 1 is 0.889 bits per heavy atom. The molecule has 0 heterocycles. The highest BCUT2D eigenvalue weighted by Crippen LogP contribution is 2.77. The summed E-state index contributed by atoms with van der Waals surface area (Å²) in [4.78, 5) is 13.7. The highest BCUT2D eigenvalue weighted by atomic mass is 16.5. The number of aliphatic hydroxyl groups is 1. The van der Waals surface area contributed by atoms with E-state index in [1.165, 1.54) is 31.3 Å². The average molecular weight is 499 g/mol. The van der Waals surface area contributed by atoms with Crippen molar-refractivity contribution in [3.63, 3.8) is 0 Å². The SMILES string of the molecule is C=C(C)[C@@H]1CC[C@]2(C(=O)OCCC)CC[C@]3(C)[C@H](CC[C@@H]4[C@@]5(C)CC[C@H](O)C(C)(C)[C@@H]5CC[C@]43C)[C@@H]12. The average Bonchev–Trinajstić information content (AvgIpc) is 3.22. The molecule has 0 amide bonds. The zero-order valence-corrected chi connectivity index (χ0v) is 24.4. The van der Waals surface area contributed by atoms with Gasteiger partial charge in [0.2, 0.25) is 0 Å². The largest absolute Gasteiger partial charge is 0.465 e. The van der Waals surface area contributed by atoms with Crippen LogP contribution in [-0.2, 0) is 9.53 Å². The van der Waals surface area contributed by atoms with Gasteiger partial charge in [0.15, 0.2) is 0 Å². The van der Waals surface area contributed by atoms with Gasteiger partial charge < -0.3 is 9.84 Å². The molecule has 0 bridgehead atoms. The predicted octanol–water partition coefficient (Wildman–Crippen LogP) is 7.96. The third kappa shape index (κ3) is 3.29. The van der Waals surface area contributed by atoms with Crippen molar-refractivity contribution in [1.82, 2.24) is 0 Å². The quantitative estimate of drug-likeness (QED) is 0.316. The van der Waals surface area contributed by atoms with Crippen LogP contribution in [0.4, 0.5) is 0 Å². The molecule has 0 aromatic heterocycles. The van der Waals surface area contributed by atoms with Crippen LogP contribution in [-0.4, -0.2) is 23.8 Å². The maximum Gasteiger partial charge on any atom is 0.312 e. The summed E-state index contributed by atoms with van der Waals surface area (Å²) in [6.07, 6.45) is 12.0. The van der Waals surface area contributed by atoms with E-state index in [2.05, 4.69) is 55.0 Å². The highest BCUT2D eigenvalue weighted by Gasteiger charge is 2.72. The summed E-state index contributed by atoms with van der Waals surface area (Å²) in [5.41, 5.74) is 1.78. The summed E-state index contributed by atoms with van der Waals surface area (Å²) < 4.78 is 5.94. The zero-order chi connectivity index (χ0) is 26.3. The Labute approximate surface area is 221 Å². The summed E-state index contributed by atoms with van der Waals surface area (Å²) >= 11 is 0. The van der Waals surface area contributed by atoms with E-state index in [4.69, 9.17) is 4.74 Å². The molecule has 0 aromatic carbocycles. The molecule has 0 aromatic rings. The molecule has 5 aliphatic carbocycles. The maximum absolute atomic E-state index is 13.7. The van der Waals surface area contributed by atoms with Crippen molar-refractivity contribution >= 4 is 5.97 Å². The van der Waals surface area contributed by atoms with Gasteiger partial charge in [0.1, 0.15) is 0 Å². The number of aliphatic hydroxyl groups excluding tert-OH is 1. The molecule has 0 aliphatic heterocycles. The maximum atomic E-state index is 13.7. The number of rotatable bonds is 4. The third-order valence-corrected chi connectivity index (χ3v) is 13.9. The fourth-order valence-corrected chi connectivity index (χ4v) is 11.8. The molecule has 5 fully saturated rings. The molecule has 3 heteroatoms. The van der Waals surface area contributed by atoms with Crippen LogP contribution < -0.4 is 0 Å². The van der Waals surface area contributed by atoms with Crippen molar-refractivity contribution in [1.29, 1.82) is 0 Å². The molecular weight excluding hydrogens is 444 g/mol. The van der Waals surface area contributed by atoms with Crippen LogP contribution in [0.3, 0.4) is 0 Å². The second-order valence-electron chi connectivity index (χ2n) is 15.4. The van der Waals surface area contributed by atoms with E-state index in [1.54, 1.807) is 0 Å². The lowest BCUT2D eigenvalue weighted by Gasteiger charge is -2.72. The lowest BCUT2D eigenvalue weighted by atomic mass is 9.32. The van der Waals surface area contributed by atoms with Crippen LogP contribution in [0, 0.1) is 56.7 Å².